The summed E-state index contributed by atoms with van der Waals surface area (Å²) in [6.45, 7) is 28.7. The van der Waals surface area contributed by atoms with Crippen molar-refractivity contribution in [1.29, 1.82) is 0 Å². The molecule has 0 fully saturated rings. The Kier molecular flexibility index (Phi) is 5.97. The molecule has 0 saturated heterocycles. The molecule has 0 bridgehead atoms. The van der Waals surface area contributed by atoms with Crippen LogP contribution in [-0.4, -0.2) is 21.0 Å². The molecule has 4 atom stereocenters. The average Bonchev–Trinajstić information content (AvgIpc) is 3.00. The highest BCUT2D eigenvalue weighted by Gasteiger charge is 2.46. The van der Waals surface area contributed by atoms with Crippen LogP contribution in [0.2, 0.25) is 0 Å². The maximum absolute atomic E-state index is 2.64. The Balaban J connectivity index is 2.37. The van der Waals surface area contributed by atoms with E-state index >= 15 is 0 Å². The second-order valence-corrected chi connectivity index (χ2v) is 15.0. The van der Waals surface area contributed by atoms with Crippen LogP contribution in [0.3, 0.4) is 0 Å². The zero-order valence-corrected chi connectivity index (χ0v) is 20.9. The Hall–Kier alpha value is 0.180. The van der Waals surface area contributed by atoms with Crippen molar-refractivity contribution in [2.45, 2.75) is 104 Å². The average molecular weight is 395 g/mol. The molecule has 2 aliphatic heterocycles. The van der Waals surface area contributed by atoms with E-state index in [1.165, 1.54) is 0 Å². The molecular weight excluding hydrogens is 352 g/mol. The molecule has 0 spiro atoms. The van der Waals surface area contributed by atoms with Crippen molar-refractivity contribution in [1.82, 2.24) is 0 Å². The SMILES string of the molecule is CC(C)(C)C1=CC(C2C=C(C(C)(C)C)C(C(C)(C)C)S2)SC1C(C)(C)C. The summed E-state index contributed by atoms with van der Waals surface area (Å²) in [5.74, 6) is 0. The van der Waals surface area contributed by atoms with E-state index < -0.39 is 0 Å². The molecule has 0 aromatic rings. The van der Waals surface area contributed by atoms with Crippen molar-refractivity contribution in [3.05, 3.63) is 23.3 Å². The van der Waals surface area contributed by atoms with Crippen LogP contribution in [0.15, 0.2) is 23.3 Å². The van der Waals surface area contributed by atoms with Crippen LogP contribution < -0.4 is 0 Å². The summed E-state index contributed by atoms with van der Waals surface area (Å²) in [5.41, 5.74) is 4.44. The predicted octanol–water partition coefficient (Wildman–Crippen LogP) is 7.99. The summed E-state index contributed by atoms with van der Waals surface area (Å²) in [5, 5.41) is 2.44. The Bertz CT molecular complexity index is 528. The van der Waals surface area contributed by atoms with E-state index in [0.717, 1.165) is 0 Å². The van der Waals surface area contributed by atoms with Gasteiger partial charge < -0.3 is 0 Å². The van der Waals surface area contributed by atoms with Crippen LogP contribution >= 0.6 is 23.5 Å². The van der Waals surface area contributed by atoms with Crippen molar-refractivity contribution in [3.63, 3.8) is 0 Å². The van der Waals surface area contributed by atoms with Gasteiger partial charge in [0.05, 0.1) is 0 Å². The van der Waals surface area contributed by atoms with E-state index in [9.17, 15) is 0 Å². The summed E-state index contributed by atoms with van der Waals surface area (Å²) in [6.07, 6.45) is 5.28. The molecule has 2 aliphatic rings. The number of hydrogen-bond donors (Lipinski definition) is 0. The molecule has 0 nitrogen and oxygen atoms in total. The fourth-order valence-electron chi connectivity index (χ4n) is 4.04. The van der Waals surface area contributed by atoms with Gasteiger partial charge in [0.2, 0.25) is 0 Å². The molecular formula is C24H42S2. The molecule has 26 heavy (non-hydrogen) atoms. The number of rotatable bonds is 1. The van der Waals surface area contributed by atoms with Gasteiger partial charge in [0.25, 0.3) is 0 Å². The molecule has 0 radical (unpaired) electrons. The number of thioether (sulfide) groups is 2. The molecule has 0 N–H and O–H groups in total. The molecule has 150 valence electrons. The molecule has 0 amide bonds. The quantitative estimate of drug-likeness (QED) is 0.413. The second kappa shape index (κ2) is 6.90. The van der Waals surface area contributed by atoms with Gasteiger partial charge in [-0.3, -0.25) is 0 Å². The minimum atomic E-state index is 0.253. The summed E-state index contributed by atoms with van der Waals surface area (Å²) in [4.78, 5) is 0. The van der Waals surface area contributed by atoms with Gasteiger partial charge in [0.1, 0.15) is 0 Å². The van der Waals surface area contributed by atoms with E-state index in [0.29, 0.717) is 31.8 Å². The maximum atomic E-state index is 2.64. The Morgan fingerprint density at radius 1 is 0.538 bits per heavy atom. The van der Waals surface area contributed by atoms with Crippen LogP contribution in [0.1, 0.15) is 83.1 Å². The van der Waals surface area contributed by atoms with E-state index in [1.807, 2.05) is 0 Å². The Morgan fingerprint density at radius 2 is 0.808 bits per heavy atom. The van der Waals surface area contributed by atoms with Crippen LogP contribution in [-0.2, 0) is 0 Å². The molecule has 0 aromatic heterocycles. The lowest BCUT2D eigenvalue weighted by atomic mass is 9.75. The van der Waals surface area contributed by atoms with Gasteiger partial charge >= 0.3 is 0 Å². The first-order valence-corrected chi connectivity index (χ1v) is 12.1. The summed E-state index contributed by atoms with van der Waals surface area (Å²) < 4.78 is 0. The molecule has 4 unspecified atom stereocenters. The predicted molar refractivity (Wildman–Crippen MR) is 124 cm³/mol. The van der Waals surface area contributed by atoms with Crippen molar-refractivity contribution in [3.8, 4) is 0 Å². The number of hydrogen-bond acceptors (Lipinski definition) is 2. The van der Waals surface area contributed by atoms with Gasteiger partial charge in [0, 0.05) is 21.0 Å². The normalized spacial score (nSPS) is 31.2. The van der Waals surface area contributed by atoms with Crippen molar-refractivity contribution in [2.24, 2.45) is 21.7 Å². The lowest BCUT2D eigenvalue weighted by Gasteiger charge is -2.36. The van der Waals surface area contributed by atoms with Crippen LogP contribution in [0.4, 0.5) is 0 Å². The Labute approximate surface area is 172 Å². The highest BCUT2D eigenvalue weighted by molar-refractivity contribution is 8.05. The van der Waals surface area contributed by atoms with Crippen molar-refractivity contribution >= 4 is 23.5 Å². The van der Waals surface area contributed by atoms with E-state index in [4.69, 9.17) is 0 Å². The second-order valence-electron chi connectivity index (χ2n) is 12.4. The molecule has 2 heteroatoms. The van der Waals surface area contributed by atoms with Gasteiger partial charge in [0.15, 0.2) is 0 Å². The molecule has 0 aliphatic carbocycles. The third-order valence-corrected chi connectivity index (χ3v) is 9.59. The van der Waals surface area contributed by atoms with Gasteiger partial charge in [-0.1, -0.05) is 106 Å². The van der Waals surface area contributed by atoms with Crippen molar-refractivity contribution < 1.29 is 0 Å². The van der Waals surface area contributed by atoms with E-state index in [1.54, 1.807) is 11.1 Å². The van der Waals surface area contributed by atoms with Gasteiger partial charge in [-0.25, -0.2) is 0 Å². The first-order valence-electron chi connectivity index (χ1n) is 10.2. The fraction of sp³-hybridized carbons (Fsp3) is 0.833. The monoisotopic (exact) mass is 394 g/mol. The maximum Gasteiger partial charge on any atom is 0.0391 e. The van der Waals surface area contributed by atoms with Crippen molar-refractivity contribution in [2.75, 3.05) is 0 Å². The smallest absolute Gasteiger partial charge is 0.0391 e. The van der Waals surface area contributed by atoms with Crippen LogP contribution in [0.25, 0.3) is 0 Å². The molecule has 2 heterocycles. The first-order chi connectivity index (χ1) is 11.4. The summed E-state index contributed by atoms with van der Waals surface area (Å²) >= 11 is 4.43. The summed E-state index contributed by atoms with van der Waals surface area (Å²) in [6, 6.07) is 0. The first kappa shape index (κ1) is 22.5. The zero-order chi connectivity index (χ0) is 20.3. The van der Waals surface area contributed by atoms with E-state index in [2.05, 4.69) is 119 Å². The fourth-order valence-corrected chi connectivity index (χ4v) is 7.95. The van der Waals surface area contributed by atoms with Gasteiger partial charge in [-0.15, -0.1) is 23.5 Å². The standard InChI is InChI=1S/C24H42S2/c1-21(2,3)15-13-17(25-19(15)23(7,8)9)18-14-16(22(4,5)6)20(26-18)24(10,11)12/h13-14,17-20H,1-12H3. The van der Waals surface area contributed by atoms with E-state index in [-0.39, 0.29) is 10.8 Å². The van der Waals surface area contributed by atoms with Crippen LogP contribution in [0.5, 0.6) is 0 Å². The summed E-state index contributed by atoms with van der Waals surface area (Å²) in [7, 11) is 0. The lowest BCUT2D eigenvalue weighted by Crippen LogP contribution is -2.29. The Morgan fingerprint density at radius 3 is 0.962 bits per heavy atom. The molecule has 0 aromatic carbocycles. The highest BCUT2D eigenvalue weighted by Crippen LogP contribution is 2.56. The van der Waals surface area contributed by atoms with Crippen LogP contribution in [0, 0.1) is 21.7 Å². The lowest BCUT2D eigenvalue weighted by molar-refractivity contribution is 0.373. The van der Waals surface area contributed by atoms with Gasteiger partial charge in [-0.05, 0) is 21.7 Å². The zero-order valence-electron chi connectivity index (χ0n) is 19.3. The third-order valence-electron chi connectivity index (χ3n) is 5.47. The minimum absolute atomic E-state index is 0.253. The molecule has 0 saturated carbocycles. The highest BCUT2D eigenvalue weighted by atomic mass is 32.2. The topological polar surface area (TPSA) is 0 Å². The minimum Gasteiger partial charge on any atom is -0.144 e. The third kappa shape index (κ3) is 4.77. The molecule has 2 rings (SSSR count). The largest absolute Gasteiger partial charge is 0.144 e. The van der Waals surface area contributed by atoms with Gasteiger partial charge in [-0.2, -0.15) is 0 Å².